The highest BCUT2D eigenvalue weighted by Gasteiger charge is 2.13. The molecule has 1 aromatic carbocycles. The van der Waals surface area contributed by atoms with E-state index in [1.165, 1.54) is 6.07 Å². The van der Waals surface area contributed by atoms with E-state index < -0.39 is 0 Å². The molecule has 0 aliphatic rings. The smallest absolute Gasteiger partial charge is 0.127 e. The fourth-order valence-corrected chi connectivity index (χ4v) is 1.89. The summed E-state index contributed by atoms with van der Waals surface area (Å²) in [5.74, 6) is 0.193. The first-order chi connectivity index (χ1) is 7.54. The van der Waals surface area contributed by atoms with Crippen LogP contribution in [0.2, 0.25) is 5.02 Å². The van der Waals surface area contributed by atoms with Crippen LogP contribution in [0.1, 0.15) is 26.3 Å². The van der Waals surface area contributed by atoms with Gasteiger partial charge in [0.15, 0.2) is 0 Å². The van der Waals surface area contributed by atoms with Crippen molar-refractivity contribution in [2.75, 3.05) is 6.54 Å². The van der Waals surface area contributed by atoms with E-state index in [-0.39, 0.29) is 5.82 Å². The summed E-state index contributed by atoms with van der Waals surface area (Å²) < 4.78 is 13.6. The summed E-state index contributed by atoms with van der Waals surface area (Å²) in [4.78, 5) is 0. The Bertz CT molecular complexity index is 341. The van der Waals surface area contributed by atoms with E-state index in [2.05, 4.69) is 26.1 Å². The lowest BCUT2D eigenvalue weighted by Crippen LogP contribution is -2.33. The molecule has 0 aromatic heterocycles. The van der Waals surface area contributed by atoms with Gasteiger partial charge in [-0.3, -0.25) is 0 Å². The molecule has 0 radical (unpaired) electrons. The van der Waals surface area contributed by atoms with E-state index in [4.69, 9.17) is 11.6 Å². The van der Waals surface area contributed by atoms with Crippen molar-refractivity contribution < 1.29 is 4.39 Å². The highest BCUT2D eigenvalue weighted by Crippen LogP contribution is 2.19. The number of benzene rings is 1. The van der Waals surface area contributed by atoms with Crippen molar-refractivity contribution in [3.05, 3.63) is 34.6 Å². The predicted molar refractivity (Wildman–Crippen MR) is 67.4 cm³/mol. The van der Waals surface area contributed by atoms with E-state index in [1.54, 1.807) is 12.1 Å². The minimum Gasteiger partial charge on any atom is -0.314 e. The maximum absolute atomic E-state index is 13.6. The summed E-state index contributed by atoms with van der Waals surface area (Å²) in [5.41, 5.74) is 0.738. The number of nitrogens with one attached hydrogen (secondary N) is 1. The maximum atomic E-state index is 13.6. The van der Waals surface area contributed by atoms with Crippen molar-refractivity contribution in [3.8, 4) is 0 Å². The monoisotopic (exact) mass is 243 g/mol. The van der Waals surface area contributed by atoms with E-state index in [1.807, 2.05) is 0 Å². The topological polar surface area (TPSA) is 12.0 Å². The third kappa shape index (κ3) is 3.76. The first-order valence-electron chi connectivity index (χ1n) is 5.72. The molecule has 0 aliphatic heterocycles. The molecule has 0 spiro atoms. The molecular weight excluding hydrogens is 225 g/mol. The SMILES string of the molecule is CCNC(C)C(C)Cc1ccc(Cl)cc1F. The van der Waals surface area contributed by atoms with Crippen molar-refractivity contribution >= 4 is 11.6 Å². The number of rotatable bonds is 5. The Balaban J connectivity index is 2.65. The van der Waals surface area contributed by atoms with Gasteiger partial charge in [0.05, 0.1) is 0 Å². The standard InChI is InChI=1S/C13H19ClFN/c1-4-16-10(3)9(2)7-11-5-6-12(14)8-13(11)15/h5-6,8-10,16H,4,7H2,1-3H3. The van der Waals surface area contributed by atoms with Crippen molar-refractivity contribution in [1.29, 1.82) is 0 Å². The quantitative estimate of drug-likeness (QED) is 0.832. The van der Waals surface area contributed by atoms with Crippen LogP contribution < -0.4 is 5.32 Å². The van der Waals surface area contributed by atoms with Crippen molar-refractivity contribution in [2.24, 2.45) is 5.92 Å². The lowest BCUT2D eigenvalue weighted by molar-refractivity contribution is 0.401. The molecule has 0 saturated carbocycles. The Labute approximate surface area is 102 Å². The van der Waals surface area contributed by atoms with Gasteiger partial charge in [-0.05, 0) is 43.5 Å². The molecule has 0 saturated heterocycles. The summed E-state index contributed by atoms with van der Waals surface area (Å²) in [7, 11) is 0. The molecular formula is C13H19ClFN. The number of hydrogen-bond acceptors (Lipinski definition) is 1. The van der Waals surface area contributed by atoms with Gasteiger partial charge in [0.1, 0.15) is 5.82 Å². The predicted octanol–water partition coefficient (Wildman–Crippen LogP) is 3.66. The van der Waals surface area contributed by atoms with Gasteiger partial charge >= 0.3 is 0 Å². The zero-order valence-electron chi connectivity index (χ0n) is 10.1. The van der Waals surface area contributed by atoms with Gasteiger partial charge in [-0.15, -0.1) is 0 Å². The van der Waals surface area contributed by atoms with E-state index in [9.17, 15) is 4.39 Å². The fourth-order valence-electron chi connectivity index (χ4n) is 1.73. The van der Waals surface area contributed by atoms with Crippen LogP contribution in [0.3, 0.4) is 0 Å². The van der Waals surface area contributed by atoms with Crippen LogP contribution in [0.4, 0.5) is 4.39 Å². The van der Waals surface area contributed by atoms with Crippen LogP contribution in [-0.2, 0) is 6.42 Å². The third-order valence-electron chi connectivity index (χ3n) is 2.94. The number of halogens is 2. The van der Waals surface area contributed by atoms with Crippen LogP contribution in [0.15, 0.2) is 18.2 Å². The van der Waals surface area contributed by atoms with Gasteiger partial charge in [-0.1, -0.05) is 31.5 Å². The lowest BCUT2D eigenvalue weighted by atomic mass is 9.94. The number of hydrogen-bond donors (Lipinski definition) is 1. The molecule has 3 heteroatoms. The van der Waals surface area contributed by atoms with Crippen molar-refractivity contribution in [2.45, 2.75) is 33.2 Å². The summed E-state index contributed by atoms with van der Waals surface area (Å²) in [6, 6.07) is 5.28. The molecule has 0 aliphatic carbocycles. The molecule has 2 atom stereocenters. The average Bonchev–Trinajstić information content (AvgIpc) is 2.22. The lowest BCUT2D eigenvalue weighted by Gasteiger charge is -2.20. The second-order valence-corrected chi connectivity index (χ2v) is 4.70. The molecule has 0 amide bonds. The highest BCUT2D eigenvalue weighted by atomic mass is 35.5. The van der Waals surface area contributed by atoms with Gasteiger partial charge in [0.25, 0.3) is 0 Å². The van der Waals surface area contributed by atoms with Crippen LogP contribution in [0.25, 0.3) is 0 Å². The first-order valence-corrected chi connectivity index (χ1v) is 6.09. The Morgan fingerprint density at radius 1 is 1.38 bits per heavy atom. The Hall–Kier alpha value is -0.600. The van der Waals surface area contributed by atoms with Gasteiger partial charge in [0, 0.05) is 11.1 Å². The fraction of sp³-hybridized carbons (Fsp3) is 0.538. The van der Waals surface area contributed by atoms with Crippen molar-refractivity contribution in [1.82, 2.24) is 5.32 Å². The average molecular weight is 244 g/mol. The van der Waals surface area contributed by atoms with Crippen LogP contribution in [-0.4, -0.2) is 12.6 Å². The highest BCUT2D eigenvalue weighted by molar-refractivity contribution is 6.30. The first kappa shape index (κ1) is 13.5. The van der Waals surface area contributed by atoms with Gasteiger partial charge in [0.2, 0.25) is 0 Å². The van der Waals surface area contributed by atoms with Gasteiger partial charge < -0.3 is 5.32 Å². The van der Waals surface area contributed by atoms with E-state index in [0.29, 0.717) is 17.0 Å². The largest absolute Gasteiger partial charge is 0.314 e. The minimum absolute atomic E-state index is 0.206. The minimum atomic E-state index is -0.206. The third-order valence-corrected chi connectivity index (χ3v) is 3.17. The molecule has 1 N–H and O–H groups in total. The van der Waals surface area contributed by atoms with Crippen molar-refractivity contribution in [3.63, 3.8) is 0 Å². The molecule has 1 nitrogen and oxygen atoms in total. The summed E-state index contributed by atoms with van der Waals surface area (Å²) >= 11 is 5.71. The van der Waals surface area contributed by atoms with Crippen LogP contribution in [0.5, 0.6) is 0 Å². The molecule has 0 heterocycles. The zero-order chi connectivity index (χ0) is 12.1. The Morgan fingerprint density at radius 3 is 2.62 bits per heavy atom. The Kier molecular flexibility index (Phi) is 5.23. The summed E-state index contributed by atoms with van der Waals surface area (Å²) in [5, 5.41) is 3.80. The van der Waals surface area contributed by atoms with E-state index in [0.717, 1.165) is 18.5 Å². The molecule has 16 heavy (non-hydrogen) atoms. The van der Waals surface area contributed by atoms with Gasteiger partial charge in [-0.2, -0.15) is 0 Å². The van der Waals surface area contributed by atoms with E-state index >= 15 is 0 Å². The Morgan fingerprint density at radius 2 is 2.06 bits per heavy atom. The normalized spacial score (nSPS) is 14.8. The second kappa shape index (κ2) is 6.21. The summed E-state index contributed by atoms with van der Waals surface area (Å²) in [6.07, 6.45) is 0.733. The molecule has 2 unspecified atom stereocenters. The molecule has 1 rings (SSSR count). The zero-order valence-corrected chi connectivity index (χ0v) is 10.8. The molecule has 0 fully saturated rings. The molecule has 90 valence electrons. The maximum Gasteiger partial charge on any atom is 0.127 e. The van der Waals surface area contributed by atoms with Crippen LogP contribution >= 0.6 is 11.6 Å². The molecule has 0 bridgehead atoms. The van der Waals surface area contributed by atoms with Crippen LogP contribution in [0, 0.1) is 11.7 Å². The second-order valence-electron chi connectivity index (χ2n) is 4.26. The molecule has 1 aromatic rings. The summed E-state index contributed by atoms with van der Waals surface area (Å²) in [6.45, 7) is 7.27. The van der Waals surface area contributed by atoms with Gasteiger partial charge in [-0.25, -0.2) is 4.39 Å².